The van der Waals surface area contributed by atoms with Gasteiger partial charge in [-0.1, -0.05) is 250 Å². The highest BCUT2D eigenvalue weighted by atomic mass is 16.5. The quantitative estimate of drug-likeness (QED) is 0.129. The van der Waals surface area contributed by atoms with Crippen LogP contribution in [0.4, 0.5) is 34.1 Å². The van der Waals surface area contributed by atoms with Crippen LogP contribution in [0, 0.1) is 0 Å². The van der Waals surface area contributed by atoms with E-state index < -0.39 is 0 Å². The van der Waals surface area contributed by atoms with Gasteiger partial charge in [-0.25, -0.2) is 0 Å². The van der Waals surface area contributed by atoms with Crippen molar-refractivity contribution in [2.75, 3.05) is 9.80 Å². The Labute approximate surface area is 598 Å². The predicted molar refractivity (Wildman–Crippen MR) is 418 cm³/mol. The fourth-order valence-corrected chi connectivity index (χ4v) is 16.3. The van der Waals surface area contributed by atoms with E-state index in [1.807, 2.05) is 12.1 Å². The molecule has 0 N–H and O–H groups in total. The Morgan fingerprint density at radius 3 is 0.716 bits per heavy atom. The van der Waals surface area contributed by atoms with Gasteiger partial charge in [-0.2, -0.15) is 0 Å². The molecule has 102 heavy (non-hydrogen) atoms. The molecule has 0 saturated carbocycles. The average Bonchev–Trinajstić information content (AvgIpc) is 0.751. The zero-order chi connectivity index (χ0) is 69.2. The molecule has 494 valence electrons. The van der Waals surface area contributed by atoms with Gasteiger partial charge in [-0.3, -0.25) is 0 Å². The molecule has 14 aromatic carbocycles. The third-order valence-corrected chi connectivity index (χ3v) is 22.2. The molecule has 18 rings (SSSR count). The van der Waals surface area contributed by atoms with E-state index >= 15 is 0 Å². The highest BCUT2D eigenvalue weighted by Crippen LogP contribution is 2.56. The fraction of sp³-hybridized carbons (Fsp3) is 0.125. The van der Waals surface area contributed by atoms with E-state index in [1.54, 1.807) is 0 Å². The van der Waals surface area contributed by atoms with Crippen molar-refractivity contribution >= 4 is 34.1 Å². The Morgan fingerprint density at radius 2 is 0.412 bits per heavy atom. The first kappa shape index (κ1) is 62.2. The molecule has 0 bridgehead atoms. The normalized spacial score (nSPS) is 14.7. The molecule has 0 saturated heterocycles. The molecule has 0 aromatic heterocycles. The van der Waals surface area contributed by atoms with Crippen LogP contribution in [-0.4, -0.2) is 0 Å². The molecule has 6 nitrogen and oxygen atoms in total. The van der Waals surface area contributed by atoms with Crippen LogP contribution >= 0.6 is 0 Å². The zero-order valence-electron chi connectivity index (χ0n) is 58.5. The third kappa shape index (κ3) is 10.3. The smallest absolute Gasteiger partial charge is 0.139 e. The lowest BCUT2D eigenvalue weighted by Crippen LogP contribution is -2.24. The minimum atomic E-state index is -0.231. The summed E-state index contributed by atoms with van der Waals surface area (Å²) < 4.78 is 26.5. The van der Waals surface area contributed by atoms with Gasteiger partial charge in [0.2, 0.25) is 0 Å². The van der Waals surface area contributed by atoms with Crippen molar-refractivity contribution in [3.05, 3.63) is 360 Å². The highest BCUT2D eigenvalue weighted by Gasteiger charge is 2.39. The molecule has 6 heteroatoms. The number of para-hydroxylation sites is 6. The van der Waals surface area contributed by atoms with Gasteiger partial charge in [0.1, 0.15) is 46.0 Å². The monoisotopic (exact) mass is 1320 g/mol. The van der Waals surface area contributed by atoms with Gasteiger partial charge in [0.15, 0.2) is 0 Å². The van der Waals surface area contributed by atoms with Crippen LogP contribution in [-0.2, 0) is 21.7 Å². The molecular weight excluding hydrogens is 1250 g/mol. The minimum absolute atomic E-state index is 0.230. The van der Waals surface area contributed by atoms with Crippen molar-refractivity contribution in [2.45, 2.75) is 77.0 Å². The molecule has 0 atom stereocenters. The molecule has 4 aliphatic rings. The molecule has 0 fully saturated rings. The van der Waals surface area contributed by atoms with Crippen molar-refractivity contribution in [2.24, 2.45) is 0 Å². The summed E-state index contributed by atoms with van der Waals surface area (Å²) in [6.07, 6.45) is 0. The van der Waals surface area contributed by atoms with Crippen molar-refractivity contribution in [1.82, 2.24) is 0 Å². The number of fused-ring (bicyclic) bond motifs is 8. The van der Waals surface area contributed by atoms with E-state index in [1.165, 1.54) is 44.5 Å². The standard InChI is InChI=1S/C96H76N2O4/c1-93(2)79-23-11-15-29-87(79)101-91-75(19-17-25-81(91)93)65-39-53-73(54-40-65)98(74-55-41-66(42-56-74)76-20-18-26-82-92(76)102-88-30-16-12-24-80(88)94(82,3)4)70-47-33-62(34-48-70)61-31-45-69(46-32-61)97(71-49-35-63(36-50-71)67-43-57-89-83(59-67)95(5,6)77-21-9-13-27-85(77)99-89)72-51-37-64(38-52-72)68-44-58-90-84(60-68)96(7,8)78-22-10-14-28-86(78)100-90/h9-60H,1-8H3. The summed E-state index contributed by atoms with van der Waals surface area (Å²) >= 11 is 0. The molecule has 0 spiro atoms. The summed E-state index contributed by atoms with van der Waals surface area (Å²) in [6.45, 7) is 18.3. The number of ether oxygens (including phenoxy) is 4. The summed E-state index contributed by atoms with van der Waals surface area (Å²) in [5.41, 5.74) is 25.8. The van der Waals surface area contributed by atoms with Crippen LogP contribution in [0.2, 0.25) is 0 Å². The molecule has 0 aliphatic carbocycles. The van der Waals surface area contributed by atoms with Gasteiger partial charge in [0.05, 0.1) is 0 Å². The van der Waals surface area contributed by atoms with E-state index in [-0.39, 0.29) is 21.7 Å². The molecule has 4 aliphatic heterocycles. The van der Waals surface area contributed by atoms with Gasteiger partial charge in [-0.05, 0) is 166 Å². The van der Waals surface area contributed by atoms with Crippen LogP contribution < -0.4 is 28.7 Å². The van der Waals surface area contributed by atoms with Crippen molar-refractivity contribution < 1.29 is 18.9 Å². The maximum Gasteiger partial charge on any atom is 0.139 e. The second kappa shape index (κ2) is 23.8. The molecular formula is C96H76N2O4. The van der Waals surface area contributed by atoms with E-state index in [9.17, 15) is 0 Å². The van der Waals surface area contributed by atoms with Crippen LogP contribution in [0.3, 0.4) is 0 Å². The first-order valence-corrected chi connectivity index (χ1v) is 35.4. The molecule has 0 amide bonds. The van der Waals surface area contributed by atoms with Crippen LogP contribution in [0.25, 0.3) is 55.6 Å². The average molecular weight is 1320 g/mol. The van der Waals surface area contributed by atoms with Gasteiger partial charge in [0, 0.05) is 111 Å². The molecule has 4 heterocycles. The summed E-state index contributed by atoms with van der Waals surface area (Å²) in [5, 5.41) is 0. The summed E-state index contributed by atoms with van der Waals surface area (Å²) in [4.78, 5) is 4.70. The van der Waals surface area contributed by atoms with Crippen molar-refractivity contribution in [1.29, 1.82) is 0 Å². The SMILES string of the molecule is CC1(C)c2ccccc2Oc2ccc(-c3ccc(N(c4ccc(-c5ccc(N(c6ccc(-c7cccc8c7Oc7ccccc7C8(C)C)cc6)c6ccc(-c7cccc8c7Oc7ccccc7C8(C)C)cc6)cc5)cc4)c4ccc(-c5ccc6c(c5)C(C)(C)c5ccccc5O6)cc4)cc3)cc21. The maximum atomic E-state index is 6.79. The second-order valence-corrected chi connectivity index (χ2v) is 29.6. The van der Waals surface area contributed by atoms with E-state index in [4.69, 9.17) is 18.9 Å². The molecule has 14 aromatic rings. The number of anilines is 6. The Hall–Kier alpha value is -12.1. The first-order chi connectivity index (χ1) is 49.5. The van der Waals surface area contributed by atoms with E-state index in [0.29, 0.717) is 0 Å². The van der Waals surface area contributed by atoms with Crippen molar-refractivity contribution in [3.63, 3.8) is 0 Å². The summed E-state index contributed by atoms with van der Waals surface area (Å²) in [5.74, 6) is 7.26. The lowest BCUT2D eigenvalue weighted by Gasteiger charge is -2.35. The van der Waals surface area contributed by atoms with Gasteiger partial charge >= 0.3 is 0 Å². The molecule has 0 radical (unpaired) electrons. The highest BCUT2D eigenvalue weighted by molar-refractivity contribution is 5.86. The summed E-state index contributed by atoms with van der Waals surface area (Å²) in [7, 11) is 0. The Bertz CT molecular complexity index is 5310. The largest absolute Gasteiger partial charge is 0.457 e. The third-order valence-electron chi connectivity index (χ3n) is 22.2. The fourth-order valence-electron chi connectivity index (χ4n) is 16.3. The van der Waals surface area contributed by atoms with Gasteiger partial charge in [0.25, 0.3) is 0 Å². The number of nitrogens with zero attached hydrogens (tertiary/aromatic N) is 2. The number of benzene rings is 14. The van der Waals surface area contributed by atoms with Crippen molar-refractivity contribution in [3.8, 4) is 102 Å². The van der Waals surface area contributed by atoms with Crippen LogP contribution in [0.5, 0.6) is 46.0 Å². The lowest BCUT2D eigenvalue weighted by atomic mass is 9.75. The minimum Gasteiger partial charge on any atom is -0.457 e. The maximum absolute atomic E-state index is 6.79. The number of hydrogen-bond acceptors (Lipinski definition) is 6. The Kier molecular flexibility index (Phi) is 14.5. The first-order valence-electron chi connectivity index (χ1n) is 35.4. The predicted octanol–water partition coefficient (Wildman–Crippen LogP) is 26.7. The zero-order valence-corrected chi connectivity index (χ0v) is 58.5. The molecule has 0 unspecified atom stereocenters. The van der Waals surface area contributed by atoms with Gasteiger partial charge in [-0.15, -0.1) is 0 Å². The Balaban J connectivity index is 0.680. The summed E-state index contributed by atoms with van der Waals surface area (Å²) in [6, 6.07) is 114. The second-order valence-electron chi connectivity index (χ2n) is 29.6. The topological polar surface area (TPSA) is 43.4 Å². The van der Waals surface area contributed by atoms with Crippen LogP contribution in [0.15, 0.2) is 315 Å². The Morgan fingerprint density at radius 1 is 0.186 bits per heavy atom. The van der Waals surface area contributed by atoms with Crippen LogP contribution in [0.1, 0.15) is 99.9 Å². The number of hydrogen-bond donors (Lipinski definition) is 0. The lowest BCUT2D eigenvalue weighted by molar-refractivity contribution is 0.418. The van der Waals surface area contributed by atoms with E-state index in [2.05, 4.69) is 369 Å². The van der Waals surface area contributed by atoms with E-state index in [0.717, 1.165) is 136 Å². The number of rotatable bonds is 11. The van der Waals surface area contributed by atoms with Gasteiger partial charge < -0.3 is 28.7 Å².